The van der Waals surface area contributed by atoms with Crippen molar-refractivity contribution in [3.63, 3.8) is 0 Å². The Morgan fingerprint density at radius 2 is 1.71 bits per heavy atom. The van der Waals surface area contributed by atoms with Gasteiger partial charge in [-0.3, -0.25) is 0 Å². The molecule has 0 nitrogen and oxygen atoms in total. The molecule has 0 amide bonds. The normalized spacial score (nSPS) is 45.1. The van der Waals surface area contributed by atoms with Crippen molar-refractivity contribution < 1.29 is 0 Å². The van der Waals surface area contributed by atoms with Crippen LogP contribution in [-0.2, 0) is 0 Å². The summed E-state index contributed by atoms with van der Waals surface area (Å²) in [5.74, 6) is 3.99. The zero-order valence-corrected chi connectivity index (χ0v) is 19.9. The van der Waals surface area contributed by atoms with Crippen molar-refractivity contribution in [1.29, 1.82) is 0 Å². The minimum Gasteiger partial charge on any atom is -0.176 e. The van der Waals surface area contributed by atoms with E-state index in [2.05, 4.69) is 26.8 Å². The van der Waals surface area contributed by atoms with Crippen LogP contribution in [0.3, 0.4) is 0 Å². The molecule has 0 aromatic rings. The van der Waals surface area contributed by atoms with Gasteiger partial charge in [0, 0.05) is 5.25 Å². The maximum absolute atomic E-state index is 4.84. The van der Waals surface area contributed by atoms with Crippen molar-refractivity contribution >= 4 is 12.6 Å². The van der Waals surface area contributed by atoms with Gasteiger partial charge in [-0.2, -0.15) is 12.6 Å². The van der Waals surface area contributed by atoms with E-state index in [1.54, 1.807) is 5.57 Å². The van der Waals surface area contributed by atoms with Crippen LogP contribution in [0.5, 0.6) is 0 Å². The molecule has 4 aliphatic carbocycles. The smallest absolute Gasteiger partial charge is 0.00545 e. The molecule has 4 rings (SSSR count). The Kier molecular flexibility index (Phi) is 6.61. The quantitative estimate of drug-likeness (QED) is 0.246. The molecule has 3 saturated carbocycles. The summed E-state index contributed by atoms with van der Waals surface area (Å²) in [6, 6.07) is 0. The third kappa shape index (κ3) is 3.76. The van der Waals surface area contributed by atoms with Gasteiger partial charge < -0.3 is 0 Å². The van der Waals surface area contributed by atoms with Crippen LogP contribution in [0.2, 0.25) is 0 Å². The number of rotatable bonds is 7. The summed E-state index contributed by atoms with van der Waals surface area (Å²) in [6.45, 7) is 7.68. The highest BCUT2D eigenvalue weighted by molar-refractivity contribution is 7.80. The highest BCUT2D eigenvalue weighted by Crippen LogP contribution is 2.66. The van der Waals surface area contributed by atoms with Crippen molar-refractivity contribution in [3.8, 4) is 0 Å². The van der Waals surface area contributed by atoms with Gasteiger partial charge in [-0.1, -0.05) is 70.9 Å². The van der Waals surface area contributed by atoms with Gasteiger partial charge in [0.2, 0.25) is 0 Å². The summed E-state index contributed by atoms with van der Waals surface area (Å²) < 4.78 is 0. The van der Waals surface area contributed by atoms with Gasteiger partial charge in [0.1, 0.15) is 0 Å². The molecule has 0 aliphatic heterocycles. The fourth-order valence-electron chi connectivity index (χ4n) is 8.40. The van der Waals surface area contributed by atoms with Gasteiger partial charge in [-0.05, 0) is 92.3 Å². The summed E-state index contributed by atoms with van der Waals surface area (Å²) in [5, 5.41) is 0.623. The van der Waals surface area contributed by atoms with Crippen LogP contribution in [0.15, 0.2) is 11.6 Å². The van der Waals surface area contributed by atoms with E-state index in [-0.39, 0.29) is 0 Å². The van der Waals surface area contributed by atoms with Crippen LogP contribution in [0.4, 0.5) is 0 Å². The van der Waals surface area contributed by atoms with E-state index < -0.39 is 0 Å². The zero-order valence-electron chi connectivity index (χ0n) is 19.0. The molecule has 0 radical (unpaired) electrons. The molecule has 0 spiro atoms. The second-order valence-corrected chi connectivity index (χ2v) is 12.3. The van der Waals surface area contributed by atoms with Crippen molar-refractivity contribution in [2.45, 2.75) is 122 Å². The van der Waals surface area contributed by atoms with Gasteiger partial charge in [0.25, 0.3) is 0 Å². The van der Waals surface area contributed by atoms with Gasteiger partial charge in [-0.15, -0.1) is 0 Å². The van der Waals surface area contributed by atoms with E-state index in [4.69, 9.17) is 12.6 Å². The molecular formula is C27H46S. The van der Waals surface area contributed by atoms with Gasteiger partial charge in [-0.25, -0.2) is 0 Å². The second kappa shape index (κ2) is 8.68. The highest BCUT2D eigenvalue weighted by Gasteiger charge is 2.58. The maximum atomic E-state index is 4.84. The molecule has 7 atom stereocenters. The Morgan fingerprint density at radius 3 is 2.54 bits per heavy atom. The van der Waals surface area contributed by atoms with Crippen LogP contribution in [-0.4, -0.2) is 5.25 Å². The molecule has 28 heavy (non-hydrogen) atoms. The summed E-state index contributed by atoms with van der Waals surface area (Å²) in [7, 11) is 0. The topological polar surface area (TPSA) is 0 Å². The number of thiol groups is 1. The predicted molar refractivity (Wildman–Crippen MR) is 126 cm³/mol. The lowest BCUT2D eigenvalue weighted by atomic mass is 9.47. The van der Waals surface area contributed by atoms with Gasteiger partial charge >= 0.3 is 0 Å². The summed E-state index contributed by atoms with van der Waals surface area (Å²) in [5.41, 5.74) is 2.97. The number of allylic oxidation sites excluding steroid dienone is 2. The molecular weight excluding hydrogens is 356 g/mol. The number of fused-ring (bicyclic) bond motifs is 5. The standard InChI is InChI=1S/C27H46S/c1-4-5-6-7-8-9-10-20-12-14-24-23-13-11-21-19-22(28)15-17-27(21,3)25(23)16-18-26(20,24)2/h11,20,22-25,28H,4-10,12-19H2,1-3H3/t20-,22+,23+,24-,25+,26-,27+/m1/s1. The molecule has 0 aromatic carbocycles. The van der Waals surface area contributed by atoms with E-state index in [0.29, 0.717) is 16.1 Å². The molecule has 0 bridgehead atoms. The summed E-state index contributed by atoms with van der Waals surface area (Å²) in [4.78, 5) is 0. The van der Waals surface area contributed by atoms with E-state index in [9.17, 15) is 0 Å². The molecule has 1 heteroatoms. The molecule has 3 fully saturated rings. The summed E-state index contributed by atoms with van der Waals surface area (Å²) >= 11 is 4.84. The average molecular weight is 403 g/mol. The van der Waals surface area contributed by atoms with E-state index in [1.807, 2.05) is 0 Å². The van der Waals surface area contributed by atoms with Crippen LogP contribution in [0, 0.1) is 34.5 Å². The Hall–Kier alpha value is 0.0900. The minimum atomic E-state index is 0.515. The fourth-order valence-corrected chi connectivity index (χ4v) is 8.72. The first kappa shape index (κ1) is 21.3. The SMILES string of the molecule is CCCCCCCC[C@@H]1CC[C@@H]2[C@@H]3CC=C4C[C@@H](S)CC[C@]4(C)[C@H]3CC[C@]12C. The van der Waals surface area contributed by atoms with E-state index >= 15 is 0 Å². The van der Waals surface area contributed by atoms with Gasteiger partial charge in [0.05, 0.1) is 0 Å². The third-order valence-electron chi connectivity index (χ3n) is 10.2. The monoisotopic (exact) mass is 402 g/mol. The first-order chi connectivity index (χ1) is 13.5. The van der Waals surface area contributed by atoms with Crippen molar-refractivity contribution in [3.05, 3.63) is 11.6 Å². The van der Waals surface area contributed by atoms with Crippen molar-refractivity contribution in [1.82, 2.24) is 0 Å². The highest BCUT2D eigenvalue weighted by atomic mass is 32.1. The molecule has 0 saturated heterocycles. The first-order valence-corrected chi connectivity index (χ1v) is 13.4. The van der Waals surface area contributed by atoms with E-state index in [0.717, 1.165) is 23.7 Å². The molecule has 0 N–H and O–H groups in total. The molecule has 0 heterocycles. The van der Waals surface area contributed by atoms with Crippen LogP contribution < -0.4 is 0 Å². The molecule has 0 unspecified atom stereocenters. The minimum absolute atomic E-state index is 0.515. The van der Waals surface area contributed by atoms with Gasteiger partial charge in [0.15, 0.2) is 0 Å². The Bertz CT molecular complexity index is 565. The Morgan fingerprint density at radius 1 is 0.929 bits per heavy atom. The van der Waals surface area contributed by atoms with Crippen molar-refractivity contribution in [2.75, 3.05) is 0 Å². The zero-order chi connectivity index (χ0) is 19.8. The largest absolute Gasteiger partial charge is 0.176 e. The maximum Gasteiger partial charge on any atom is 0.00545 e. The number of hydrogen-bond acceptors (Lipinski definition) is 1. The molecule has 160 valence electrons. The second-order valence-electron chi connectivity index (χ2n) is 11.5. The van der Waals surface area contributed by atoms with Crippen molar-refractivity contribution in [2.24, 2.45) is 34.5 Å². The first-order valence-electron chi connectivity index (χ1n) is 12.9. The van der Waals surface area contributed by atoms with Crippen LogP contribution in [0.25, 0.3) is 0 Å². The van der Waals surface area contributed by atoms with Crippen LogP contribution in [0.1, 0.15) is 117 Å². The third-order valence-corrected chi connectivity index (χ3v) is 10.6. The Balaban J connectivity index is 1.39. The number of unbranched alkanes of at least 4 members (excludes halogenated alkanes) is 5. The lowest BCUT2D eigenvalue weighted by molar-refractivity contribution is -0.0421. The molecule has 4 aliphatic rings. The van der Waals surface area contributed by atoms with E-state index in [1.165, 1.54) is 96.3 Å². The average Bonchev–Trinajstić information content (AvgIpc) is 3.01. The predicted octanol–water partition coefficient (Wildman–Crippen LogP) is 8.61. The lowest BCUT2D eigenvalue weighted by Crippen LogP contribution is -2.50. The molecule has 0 aromatic heterocycles. The Labute approximate surface area is 181 Å². The summed E-state index contributed by atoms with van der Waals surface area (Å²) in [6.07, 6.45) is 24.5. The fraction of sp³-hybridized carbons (Fsp3) is 0.926. The van der Waals surface area contributed by atoms with Crippen LogP contribution >= 0.6 is 12.6 Å². The number of hydrogen-bond donors (Lipinski definition) is 1. The lowest BCUT2D eigenvalue weighted by Gasteiger charge is -2.58.